The summed E-state index contributed by atoms with van der Waals surface area (Å²) in [5.41, 5.74) is 2.01. The highest BCUT2D eigenvalue weighted by Gasteiger charge is 2.26. The summed E-state index contributed by atoms with van der Waals surface area (Å²) in [5.74, 6) is 0.300. The Labute approximate surface area is 117 Å². The molecule has 0 spiro atoms. The normalized spacial score (nSPS) is 21.4. The molecule has 1 saturated heterocycles. The zero-order valence-corrected chi connectivity index (χ0v) is 11.5. The van der Waals surface area contributed by atoms with Crippen LogP contribution in [0.4, 0.5) is 0 Å². The molecule has 106 valence electrons. The lowest BCUT2D eigenvalue weighted by Gasteiger charge is -2.16. The maximum absolute atomic E-state index is 12.0. The molecule has 0 amide bonds. The molecular weight excluding hydrogens is 254 g/mol. The summed E-state index contributed by atoms with van der Waals surface area (Å²) < 4.78 is 0. The van der Waals surface area contributed by atoms with Crippen LogP contribution in [0.1, 0.15) is 19.0 Å². The summed E-state index contributed by atoms with van der Waals surface area (Å²) in [4.78, 5) is 21.6. The molecule has 0 aliphatic carbocycles. The van der Waals surface area contributed by atoms with Crippen LogP contribution in [0.3, 0.4) is 0 Å². The topological polar surface area (TPSA) is 69.2 Å². The molecule has 1 aliphatic rings. The van der Waals surface area contributed by atoms with E-state index in [0.717, 1.165) is 30.5 Å². The van der Waals surface area contributed by atoms with Crippen LogP contribution in [0, 0.1) is 5.92 Å². The molecule has 0 radical (unpaired) electrons. The van der Waals surface area contributed by atoms with Gasteiger partial charge in [-0.1, -0.05) is 12.1 Å². The lowest BCUT2D eigenvalue weighted by atomic mass is 10.0. The van der Waals surface area contributed by atoms with Crippen molar-refractivity contribution in [3.63, 3.8) is 0 Å². The highest BCUT2D eigenvalue weighted by Crippen LogP contribution is 2.20. The van der Waals surface area contributed by atoms with E-state index in [2.05, 4.69) is 14.9 Å². The number of H-pyrrole nitrogens is 1. The van der Waals surface area contributed by atoms with Gasteiger partial charge in [-0.25, -0.2) is 4.98 Å². The number of aliphatic hydroxyl groups excluding tert-OH is 1. The molecule has 0 saturated carbocycles. The van der Waals surface area contributed by atoms with Gasteiger partial charge in [0, 0.05) is 13.1 Å². The number of nitrogens with zero attached hydrogens (tertiary/aromatic N) is 2. The van der Waals surface area contributed by atoms with Crippen LogP contribution in [0.15, 0.2) is 29.1 Å². The summed E-state index contributed by atoms with van der Waals surface area (Å²) in [6.45, 7) is 4.10. The van der Waals surface area contributed by atoms with Crippen LogP contribution in [-0.4, -0.2) is 39.2 Å². The number of rotatable bonds is 3. The summed E-state index contributed by atoms with van der Waals surface area (Å²) in [5, 5.41) is 9.62. The molecule has 2 atom stereocenters. The number of benzene rings is 1. The second-order valence-electron chi connectivity index (χ2n) is 5.55. The minimum atomic E-state index is -0.289. The number of hydrogen-bond donors (Lipinski definition) is 2. The molecule has 1 aromatic heterocycles. The van der Waals surface area contributed by atoms with Crippen molar-refractivity contribution >= 4 is 11.0 Å². The molecule has 2 unspecified atom stereocenters. The van der Waals surface area contributed by atoms with E-state index in [1.807, 2.05) is 31.2 Å². The van der Waals surface area contributed by atoms with Crippen LogP contribution in [0.5, 0.6) is 0 Å². The van der Waals surface area contributed by atoms with E-state index in [-0.39, 0.29) is 11.7 Å². The Bertz CT molecular complexity index is 665. The minimum absolute atomic E-state index is 0.121. The average molecular weight is 273 g/mol. The minimum Gasteiger partial charge on any atom is -0.393 e. The zero-order chi connectivity index (χ0) is 14.1. The number of aliphatic hydroxyl groups is 1. The van der Waals surface area contributed by atoms with Gasteiger partial charge < -0.3 is 10.1 Å². The smallest absolute Gasteiger partial charge is 0.271 e. The van der Waals surface area contributed by atoms with Crippen molar-refractivity contribution in [2.45, 2.75) is 26.0 Å². The molecular formula is C15H19N3O2. The van der Waals surface area contributed by atoms with Gasteiger partial charge in [0.2, 0.25) is 0 Å². The molecule has 2 aromatic rings. The fourth-order valence-corrected chi connectivity index (χ4v) is 2.79. The van der Waals surface area contributed by atoms with Gasteiger partial charge in [0.05, 0.1) is 17.1 Å². The van der Waals surface area contributed by atoms with Gasteiger partial charge in [-0.2, -0.15) is 0 Å². The van der Waals surface area contributed by atoms with E-state index in [1.165, 1.54) is 0 Å². The second kappa shape index (κ2) is 5.34. The first-order valence-electron chi connectivity index (χ1n) is 7.02. The maximum atomic E-state index is 12.0. The fraction of sp³-hybridized carbons (Fsp3) is 0.467. The molecule has 2 heterocycles. The first-order valence-corrected chi connectivity index (χ1v) is 7.02. The van der Waals surface area contributed by atoms with E-state index < -0.39 is 0 Å². The lowest BCUT2D eigenvalue weighted by molar-refractivity contribution is 0.127. The van der Waals surface area contributed by atoms with Crippen LogP contribution in [-0.2, 0) is 6.54 Å². The van der Waals surface area contributed by atoms with Crippen molar-refractivity contribution in [2.75, 3.05) is 13.1 Å². The third-order valence-electron chi connectivity index (χ3n) is 4.03. The number of aromatic nitrogens is 2. The van der Waals surface area contributed by atoms with Crippen LogP contribution < -0.4 is 5.56 Å². The molecule has 1 fully saturated rings. The standard InChI is InChI=1S/C15H19N3O2/c1-10(19)11-6-7-18(8-11)9-14-15(20)17-13-5-3-2-4-12(13)16-14/h2-5,10-11,19H,6-9H2,1H3,(H,17,20). The van der Waals surface area contributed by atoms with Gasteiger partial charge in [0.1, 0.15) is 5.69 Å². The van der Waals surface area contributed by atoms with Gasteiger partial charge in [-0.3, -0.25) is 9.69 Å². The Balaban J connectivity index is 1.81. The number of aromatic amines is 1. The Morgan fingerprint density at radius 3 is 3.05 bits per heavy atom. The number of fused-ring (bicyclic) bond motifs is 1. The first-order chi connectivity index (χ1) is 9.63. The Hall–Kier alpha value is -1.72. The second-order valence-corrected chi connectivity index (χ2v) is 5.55. The number of likely N-dealkylation sites (tertiary alicyclic amines) is 1. The van der Waals surface area contributed by atoms with Gasteiger partial charge in [-0.15, -0.1) is 0 Å². The van der Waals surface area contributed by atoms with Crippen LogP contribution >= 0.6 is 0 Å². The third kappa shape index (κ3) is 2.59. The van der Waals surface area contributed by atoms with Crippen molar-refractivity contribution < 1.29 is 5.11 Å². The van der Waals surface area contributed by atoms with Gasteiger partial charge in [0.15, 0.2) is 0 Å². The number of para-hydroxylation sites is 2. The Morgan fingerprint density at radius 1 is 1.50 bits per heavy atom. The third-order valence-corrected chi connectivity index (χ3v) is 4.03. The monoisotopic (exact) mass is 273 g/mol. The van der Waals surface area contributed by atoms with Crippen LogP contribution in [0.2, 0.25) is 0 Å². The zero-order valence-electron chi connectivity index (χ0n) is 11.5. The molecule has 5 nitrogen and oxygen atoms in total. The Kier molecular flexibility index (Phi) is 3.54. The molecule has 1 aliphatic heterocycles. The Morgan fingerprint density at radius 2 is 2.30 bits per heavy atom. The van der Waals surface area contributed by atoms with Crippen molar-refractivity contribution in [3.05, 3.63) is 40.3 Å². The summed E-state index contributed by atoms with van der Waals surface area (Å²) in [6, 6.07) is 7.55. The summed E-state index contributed by atoms with van der Waals surface area (Å²) >= 11 is 0. The number of nitrogens with one attached hydrogen (secondary N) is 1. The van der Waals surface area contributed by atoms with E-state index in [1.54, 1.807) is 0 Å². The summed E-state index contributed by atoms with van der Waals surface area (Å²) in [6.07, 6.45) is 0.686. The maximum Gasteiger partial charge on any atom is 0.271 e. The molecule has 3 rings (SSSR count). The largest absolute Gasteiger partial charge is 0.393 e. The van der Waals surface area contributed by atoms with Gasteiger partial charge in [-0.05, 0) is 37.9 Å². The number of hydrogen-bond acceptors (Lipinski definition) is 4. The molecule has 0 bridgehead atoms. The van der Waals surface area contributed by atoms with E-state index in [0.29, 0.717) is 18.2 Å². The predicted molar refractivity (Wildman–Crippen MR) is 77.4 cm³/mol. The lowest BCUT2D eigenvalue weighted by Crippen LogP contribution is -2.28. The van der Waals surface area contributed by atoms with E-state index in [9.17, 15) is 9.90 Å². The van der Waals surface area contributed by atoms with Crippen molar-refractivity contribution in [1.82, 2.24) is 14.9 Å². The van der Waals surface area contributed by atoms with Gasteiger partial charge >= 0.3 is 0 Å². The predicted octanol–water partition coefficient (Wildman–Crippen LogP) is 1.13. The van der Waals surface area contributed by atoms with E-state index >= 15 is 0 Å². The molecule has 5 heteroatoms. The highest BCUT2D eigenvalue weighted by atomic mass is 16.3. The highest BCUT2D eigenvalue weighted by molar-refractivity contribution is 5.73. The summed E-state index contributed by atoms with van der Waals surface area (Å²) in [7, 11) is 0. The van der Waals surface area contributed by atoms with E-state index in [4.69, 9.17) is 0 Å². The fourth-order valence-electron chi connectivity index (χ4n) is 2.79. The van der Waals surface area contributed by atoms with Crippen molar-refractivity contribution in [3.8, 4) is 0 Å². The quantitative estimate of drug-likeness (QED) is 0.879. The van der Waals surface area contributed by atoms with Crippen molar-refractivity contribution in [1.29, 1.82) is 0 Å². The molecule has 1 aromatic carbocycles. The SMILES string of the molecule is CC(O)C1CCN(Cc2nc3ccccc3[nH]c2=O)C1. The molecule has 20 heavy (non-hydrogen) atoms. The van der Waals surface area contributed by atoms with Gasteiger partial charge in [0.25, 0.3) is 5.56 Å². The first kappa shape index (κ1) is 13.3. The molecule has 2 N–H and O–H groups in total. The van der Waals surface area contributed by atoms with Crippen molar-refractivity contribution in [2.24, 2.45) is 5.92 Å². The van der Waals surface area contributed by atoms with Crippen LogP contribution in [0.25, 0.3) is 11.0 Å². The average Bonchev–Trinajstić information content (AvgIpc) is 2.88.